The fourth-order valence-corrected chi connectivity index (χ4v) is 2.42. The molecule has 3 rings (SSSR count). The van der Waals surface area contributed by atoms with E-state index < -0.39 is 10.9 Å². The summed E-state index contributed by atoms with van der Waals surface area (Å²) in [6, 6.07) is 19.6. The van der Waals surface area contributed by atoms with Crippen molar-refractivity contribution in [2.45, 2.75) is 0 Å². The van der Waals surface area contributed by atoms with Crippen LogP contribution in [0.1, 0.15) is 15.9 Å². The molecule has 0 radical (unpaired) electrons. The number of methoxy groups -OCH3 is 1. The molecule has 0 unspecified atom stereocenters. The molecular weight excluding hydrogens is 374 g/mol. The molecule has 0 aliphatic carbocycles. The Morgan fingerprint density at radius 1 is 1.03 bits per heavy atom. The Labute approximate surface area is 166 Å². The number of nitrogens with zero attached hydrogens (tertiary/aromatic N) is 2. The fourth-order valence-electron chi connectivity index (χ4n) is 2.42. The third-order valence-corrected chi connectivity index (χ3v) is 3.89. The molecule has 0 spiro atoms. The molecule has 0 aliphatic rings. The maximum atomic E-state index is 12.2. The van der Waals surface area contributed by atoms with Crippen molar-refractivity contribution < 1.29 is 19.2 Å². The second-order valence-corrected chi connectivity index (χ2v) is 5.84. The van der Waals surface area contributed by atoms with Crippen LogP contribution in [0.4, 0.5) is 11.4 Å². The number of nitro benzene ring substituents is 1. The zero-order valence-corrected chi connectivity index (χ0v) is 15.4. The summed E-state index contributed by atoms with van der Waals surface area (Å²) in [5, 5.41) is 14.8. The van der Waals surface area contributed by atoms with Gasteiger partial charge < -0.3 is 9.47 Å². The van der Waals surface area contributed by atoms with Crippen LogP contribution >= 0.6 is 0 Å². The zero-order chi connectivity index (χ0) is 20.6. The van der Waals surface area contributed by atoms with Gasteiger partial charge in [-0.15, -0.1) is 0 Å². The van der Waals surface area contributed by atoms with Gasteiger partial charge in [-0.25, -0.2) is 4.79 Å². The molecule has 0 heterocycles. The van der Waals surface area contributed by atoms with E-state index in [1.165, 1.54) is 19.2 Å². The number of hydrogen-bond donors (Lipinski definition) is 1. The van der Waals surface area contributed by atoms with Gasteiger partial charge >= 0.3 is 5.97 Å². The summed E-state index contributed by atoms with van der Waals surface area (Å²) < 4.78 is 10.7. The Balaban J connectivity index is 1.67. The highest BCUT2D eigenvalue weighted by Crippen LogP contribution is 2.28. The topological polar surface area (TPSA) is 103 Å². The highest BCUT2D eigenvalue weighted by atomic mass is 16.6. The van der Waals surface area contributed by atoms with Crippen LogP contribution in [0.15, 0.2) is 77.9 Å². The first kappa shape index (κ1) is 19.6. The molecule has 1 N–H and O–H groups in total. The number of ether oxygens (including phenoxy) is 2. The summed E-state index contributed by atoms with van der Waals surface area (Å²) in [6.45, 7) is 0. The van der Waals surface area contributed by atoms with Crippen molar-refractivity contribution in [3.8, 4) is 11.5 Å². The molecule has 8 heteroatoms. The maximum Gasteiger partial charge on any atom is 0.343 e. The normalized spacial score (nSPS) is 10.5. The molecule has 29 heavy (non-hydrogen) atoms. The van der Waals surface area contributed by atoms with E-state index in [4.69, 9.17) is 9.47 Å². The summed E-state index contributed by atoms with van der Waals surface area (Å²) in [7, 11) is 1.48. The Kier molecular flexibility index (Phi) is 6.16. The lowest BCUT2D eigenvalue weighted by molar-refractivity contribution is -0.384. The van der Waals surface area contributed by atoms with Crippen LogP contribution < -0.4 is 14.9 Å². The van der Waals surface area contributed by atoms with Crippen molar-refractivity contribution in [1.29, 1.82) is 0 Å². The minimum atomic E-state index is -0.481. The highest BCUT2D eigenvalue weighted by molar-refractivity contribution is 5.91. The molecule has 0 aromatic heterocycles. The van der Waals surface area contributed by atoms with E-state index in [-0.39, 0.29) is 5.69 Å². The molecular formula is C21H17N3O5. The van der Waals surface area contributed by atoms with Crippen molar-refractivity contribution in [3.63, 3.8) is 0 Å². The predicted octanol–water partition coefficient (Wildman–Crippen LogP) is 4.27. The Morgan fingerprint density at radius 2 is 1.76 bits per heavy atom. The molecule has 3 aromatic carbocycles. The average molecular weight is 391 g/mol. The lowest BCUT2D eigenvalue weighted by atomic mass is 10.2. The van der Waals surface area contributed by atoms with E-state index >= 15 is 0 Å². The number of carbonyl (C=O) groups is 1. The van der Waals surface area contributed by atoms with E-state index in [1.54, 1.807) is 60.8 Å². The number of hydrogen-bond acceptors (Lipinski definition) is 7. The number of benzene rings is 3. The minimum absolute atomic E-state index is 0.00454. The largest absolute Gasteiger partial charge is 0.493 e. The quantitative estimate of drug-likeness (QED) is 0.212. The molecule has 0 amide bonds. The third-order valence-electron chi connectivity index (χ3n) is 3.89. The Morgan fingerprint density at radius 3 is 2.41 bits per heavy atom. The monoisotopic (exact) mass is 391 g/mol. The van der Waals surface area contributed by atoms with Crippen LogP contribution in [0.25, 0.3) is 0 Å². The number of esters is 1. The van der Waals surface area contributed by atoms with Gasteiger partial charge in [-0.1, -0.05) is 18.2 Å². The van der Waals surface area contributed by atoms with Crippen LogP contribution in [-0.2, 0) is 0 Å². The molecule has 0 aliphatic heterocycles. The Hall–Kier alpha value is -4.20. The van der Waals surface area contributed by atoms with Gasteiger partial charge in [0.05, 0.1) is 29.5 Å². The average Bonchev–Trinajstić information content (AvgIpc) is 2.75. The number of nitrogens with one attached hydrogen (secondary N) is 1. The van der Waals surface area contributed by atoms with Crippen molar-refractivity contribution in [3.05, 3.63) is 94.0 Å². The Bertz CT molecular complexity index is 1030. The summed E-state index contributed by atoms with van der Waals surface area (Å²) >= 11 is 0. The number of nitro groups is 1. The molecule has 0 atom stereocenters. The number of non-ortho nitro benzene ring substituents is 1. The van der Waals surface area contributed by atoms with Crippen molar-refractivity contribution in [2.75, 3.05) is 12.5 Å². The summed E-state index contributed by atoms with van der Waals surface area (Å²) in [6.07, 6.45) is 1.55. The van der Waals surface area contributed by atoms with Gasteiger partial charge in [0.15, 0.2) is 11.5 Å². The highest BCUT2D eigenvalue weighted by Gasteiger charge is 2.12. The van der Waals surface area contributed by atoms with E-state index in [1.807, 2.05) is 6.07 Å². The molecule has 0 bridgehead atoms. The van der Waals surface area contributed by atoms with Gasteiger partial charge in [-0.3, -0.25) is 15.5 Å². The van der Waals surface area contributed by atoms with E-state index in [9.17, 15) is 14.9 Å². The van der Waals surface area contributed by atoms with Gasteiger partial charge in [0.1, 0.15) is 0 Å². The molecule has 0 fully saturated rings. The van der Waals surface area contributed by atoms with Crippen molar-refractivity contribution in [2.24, 2.45) is 5.10 Å². The molecule has 3 aromatic rings. The van der Waals surface area contributed by atoms with Crippen LogP contribution in [0.2, 0.25) is 0 Å². The second kappa shape index (κ2) is 9.14. The van der Waals surface area contributed by atoms with Crippen LogP contribution in [0, 0.1) is 10.1 Å². The zero-order valence-electron chi connectivity index (χ0n) is 15.4. The van der Waals surface area contributed by atoms with Gasteiger partial charge in [0.2, 0.25) is 0 Å². The van der Waals surface area contributed by atoms with Crippen molar-refractivity contribution in [1.82, 2.24) is 0 Å². The summed E-state index contributed by atoms with van der Waals surface area (Å²) in [5.74, 6) is 0.195. The molecule has 146 valence electrons. The number of hydrazone groups is 1. The lowest BCUT2D eigenvalue weighted by Gasteiger charge is -2.10. The standard InChI is InChI=1S/C21H17N3O5/c1-28-20-13-15(14-22-23-17-8-10-18(11-9-17)24(26)27)7-12-19(20)29-21(25)16-5-3-2-4-6-16/h2-14,23H,1H3/b22-14+. The molecule has 0 saturated carbocycles. The number of carbonyl (C=O) groups excluding carboxylic acids is 1. The molecule has 0 saturated heterocycles. The first-order chi connectivity index (χ1) is 14.1. The van der Waals surface area contributed by atoms with E-state index in [2.05, 4.69) is 10.5 Å². The number of rotatable bonds is 7. The summed E-state index contributed by atoms with van der Waals surface area (Å²) in [5.41, 5.74) is 4.54. The van der Waals surface area contributed by atoms with Gasteiger partial charge in [0, 0.05) is 12.1 Å². The smallest absolute Gasteiger partial charge is 0.343 e. The maximum absolute atomic E-state index is 12.2. The fraction of sp³-hybridized carbons (Fsp3) is 0.0476. The van der Waals surface area contributed by atoms with E-state index in [0.29, 0.717) is 28.3 Å². The van der Waals surface area contributed by atoms with Crippen LogP contribution in [0.5, 0.6) is 11.5 Å². The summed E-state index contributed by atoms with van der Waals surface area (Å²) in [4.78, 5) is 22.4. The minimum Gasteiger partial charge on any atom is -0.493 e. The SMILES string of the molecule is COc1cc(/C=N/Nc2ccc([N+](=O)[O-])cc2)ccc1OC(=O)c1ccccc1. The van der Waals surface area contributed by atoms with E-state index in [0.717, 1.165) is 0 Å². The van der Waals surface area contributed by atoms with Crippen molar-refractivity contribution >= 4 is 23.6 Å². The first-order valence-electron chi connectivity index (χ1n) is 8.55. The van der Waals surface area contributed by atoms with Gasteiger partial charge in [-0.05, 0) is 48.0 Å². The van der Waals surface area contributed by atoms with Gasteiger partial charge in [0.25, 0.3) is 5.69 Å². The van der Waals surface area contributed by atoms with Crippen LogP contribution in [-0.4, -0.2) is 24.2 Å². The van der Waals surface area contributed by atoms with Crippen LogP contribution in [0.3, 0.4) is 0 Å². The first-order valence-corrected chi connectivity index (χ1v) is 8.55. The third kappa shape index (κ3) is 5.16. The van der Waals surface area contributed by atoms with Gasteiger partial charge in [-0.2, -0.15) is 5.10 Å². The lowest BCUT2D eigenvalue weighted by Crippen LogP contribution is -2.09. The predicted molar refractivity (Wildman–Crippen MR) is 109 cm³/mol. The molecule has 8 nitrogen and oxygen atoms in total. The number of anilines is 1. The second-order valence-electron chi connectivity index (χ2n) is 5.84.